The predicted octanol–water partition coefficient (Wildman–Crippen LogP) is 3.49. The lowest BCUT2D eigenvalue weighted by Gasteiger charge is -2.30. The van der Waals surface area contributed by atoms with Crippen LogP contribution >= 0.6 is 0 Å². The number of phenolic OH excluding ortho intramolecular Hbond substituents is 1. The smallest absolute Gasteiger partial charge is 0.116 e. The molecule has 0 spiro atoms. The molecule has 0 heterocycles. The van der Waals surface area contributed by atoms with E-state index in [-0.39, 0.29) is 11.8 Å². The zero-order chi connectivity index (χ0) is 14.8. The summed E-state index contributed by atoms with van der Waals surface area (Å²) < 4.78 is 0. The molecule has 1 fully saturated rings. The highest BCUT2D eigenvalue weighted by Gasteiger charge is 2.27. The van der Waals surface area contributed by atoms with Gasteiger partial charge in [-0.05, 0) is 53.3 Å². The van der Waals surface area contributed by atoms with Gasteiger partial charge in [0.1, 0.15) is 5.75 Å². The Morgan fingerprint density at radius 3 is 2.38 bits per heavy atom. The van der Waals surface area contributed by atoms with Gasteiger partial charge in [-0.1, -0.05) is 37.5 Å². The van der Waals surface area contributed by atoms with Crippen molar-refractivity contribution in [2.24, 2.45) is 11.7 Å². The van der Waals surface area contributed by atoms with E-state index in [9.17, 15) is 10.2 Å². The summed E-state index contributed by atoms with van der Waals surface area (Å²) in [5.41, 5.74) is 7.26. The Bertz CT molecular complexity index is 620. The van der Waals surface area contributed by atoms with Crippen molar-refractivity contribution in [2.45, 2.75) is 44.2 Å². The maximum Gasteiger partial charge on any atom is 0.116 e. The molecule has 21 heavy (non-hydrogen) atoms. The molecule has 3 heteroatoms. The van der Waals surface area contributed by atoms with Gasteiger partial charge in [-0.25, -0.2) is 0 Å². The summed E-state index contributed by atoms with van der Waals surface area (Å²) in [5.74, 6) is 0.589. The zero-order valence-electron chi connectivity index (χ0n) is 12.2. The van der Waals surface area contributed by atoms with E-state index in [1.54, 1.807) is 12.1 Å². The molecule has 1 saturated carbocycles. The van der Waals surface area contributed by atoms with Crippen LogP contribution in [0.25, 0.3) is 10.8 Å². The number of aliphatic hydroxyl groups excluding tert-OH is 1. The number of phenols is 1. The number of hydrogen-bond acceptors (Lipinski definition) is 3. The molecule has 0 amide bonds. The maximum absolute atomic E-state index is 10.5. The Balaban J connectivity index is 1.83. The molecule has 2 aromatic rings. The van der Waals surface area contributed by atoms with Gasteiger partial charge in [-0.15, -0.1) is 0 Å². The first kappa shape index (κ1) is 14.4. The Morgan fingerprint density at radius 1 is 0.952 bits per heavy atom. The second kappa shape index (κ2) is 6.04. The van der Waals surface area contributed by atoms with Crippen molar-refractivity contribution in [2.75, 3.05) is 0 Å². The molecule has 2 atom stereocenters. The van der Waals surface area contributed by atoms with Gasteiger partial charge in [0.2, 0.25) is 0 Å². The Labute approximate surface area is 125 Å². The lowest BCUT2D eigenvalue weighted by Crippen LogP contribution is -2.34. The molecular weight excluding hydrogens is 262 g/mol. The molecule has 0 radical (unpaired) electrons. The van der Waals surface area contributed by atoms with Crippen molar-refractivity contribution >= 4 is 10.8 Å². The lowest BCUT2D eigenvalue weighted by atomic mass is 9.81. The van der Waals surface area contributed by atoms with E-state index in [2.05, 4.69) is 0 Å². The van der Waals surface area contributed by atoms with Gasteiger partial charge in [0, 0.05) is 0 Å². The Hall–Kier alpha value is -1.58. The molecule has 112 valence electrons. The topological polar surface area (TPSA) is 66.5 Å². The summed E-state index contributed by atoms with van der Waals surface area (Å²) in [5, 5.41) is 22.1. The van der Waals surface area contributed by atoms with E-state index in [1.807, 2.05) is 24.3 Å². The summed E-state index contributed by atoms with van der Waals surface area (Å²) in [6.45, 7) is 0. The number of rotatable bonds is 3. The SMILES string of the molecule is N[C@H](c1ccc2cc(O)ccc2c1)[C@@H](O)C1CCCCC1. The van der Waals surface area contributed by atoms with Crippen molar-refractivity contribution in [3.8, 4) is 5.75 Å². The van der Waals surface area contributed by atoms with Crippen molar-refractivity contribution < 1.29 is 10.2 Å². The van der Waals surface area contributed by atoms with E-state index >= 15 is 0 Å². The molecule has 0 aromatic heterocycles. The van der Waals surface area contributed by atoms with Crippen molar-refractivity contribution in [1.29, 1.82) is 0 Å². The van der Waals surface area contributed by atoms with Crippen LogP contribution in [0.15, 0.2) is 36.4 Å². The number of fused-ring (bicyclic) bond motifs is 1. The predicted molar refractivity (Wildman–Crippen MR) is 85.1 cm³/mol. The minimum atomic E-state index is -0.472. The fraction of sp³-hybridized carbons (Fsp3) is 0.444. The number of aromatic hydroxyl groups is 1. The average molecular weight is 285 g/mol. The van der Waals surface area contributed by atoms with Gasteiger partial charge in [-0.2, -0.15) is 0 Å². The third-order valence-electron chi connectivity index (χ3n) is 4.73. The molecule has 0 bridgehead atoms. The van der Waals surface area contributed by atoms with Crippen molar-refractivity contribution in [3.63, 3.8) is 0 Å². The molecule has 3 nitrogen and oxygen atoms in total. The third kappa shape index (κ3) is 3.04. The standard InChI is InChI=1S/C18H23NO2/c19-17(18(21)12-4-2-1-3-5-12)15-7-6-14-11-16(20)9-8-13(14)10-15/h6-12,17-18,20-21H,1-5,19H2/t17-,18+/m1/s1. The van der Waals surface area contributed by atoms with Gasteiger partial charge in [-0.3, -0.25) is 0 Å². The van der Waals surface area contributed by atoms with E-state index in [0.717, 1.165) is 29.2 Å². The van der Waals surface area contributed by atoms with Crippen LogP contribution in [-0.4, -0.2) is 16.3 Å². The van der Waals surface area contributed by atoms with Gasteiger partial charge in [0.05, 0.1) is 12.1 Å². The average Bonchev–Trinajstić information content (AvgIpc) is 2.53. The number of hydrogen-bond donors (Lipinski definition) is 3. The van der Waals surface area contributed by atoms with Gasteiger partial charge in [0.15, 0.2) is 0 Å². The molecule has 0 aliphatic heterocycles. The van der Waals surface area contributed by atoms with Crippen molar-refractivity contribution in [1.82, 2.24) is 0 Å². The molecule has 1 aliphatic rings. The largest absolute Gasteiger partial charge is 0.508 e. The van der Waals surface area contributed by atoms with Crippen LogP contribution < -0.4 is 5.73 Å². The molecule has 3 rings (SSSR count). The molecule has 1 aliphatic carbocycles. The highest BCUT2D eigenvalue weighted by Crippen LogP contribution is 2.32. The molecule has 2 aromatic carbocycles. The minimum Gasteiger partial charge on any atom is -0.508 e. The summed E-state index contributed by atoms with van der Waals surface area (Å²) >= 11 is 0. The summed E-state index contributed by atoms with van der Waals surface area (Å²) in [6.07, 6.45) is 5.36. The van der Waals surface area contributed by atoms with Crippen LogP contribution in [0.4, 0.5) is 0 Å². The van der Waals surface area contributed by atoms with Crippen LogP contribution in [-0.2, 0) is 0 Å². The molecule has 0 saturated heterocycles. The fourth-order valence-corrected chi connectivity index (χ4v) is 3.43. The summed E-state index contributed by atoms with van der Waals surface area (Å²) in [4.78, 5) is 0. The van der Waals surface area contributed by atoms with Gasteiger partial charge < -0.3 is 15.9 Å². The van der Waals surface area contributed by atoms with Crippen LogP contribution in [0.1, 0.15) is 43.7 Å². The monoisotopic (exact) mass is 285 g/mol. The van der Waals surface area contributed by atoms with Crippen molar-refractivity contribution in [3.05, 3.63) is 42.0 Å². The first-order valence-electron chi connectivity index (χ1n) is 7.81. The molecule has 0 unspecified atom stereocenters. The normalized spacial score (nSPS) is 19.5. The lowest BCUT2D eigenvalue weighted by molar-refractivity contribution is 0.0618. The second-order valence-electron chi connectivity index (χ2n) is 6.21. The fourth-order valence-electron chi connectivity index (χ4n) is 3.43. The van der Waals surface area contributed by atoms with Crippen LogP contribution in [0, 0.1) is 5.92 Å². The second-order valence-corrected chi connectivity index (χ2v) is 6.21. The summed E-state index contributed by atoms with van der Waals surface area (Å²) in [7, 11) is 0. The first-order valence-corrected chi connectivity index (χ1v) is 7.81. The van der Waals surface area contributed by atoms with E-state index in [1.165, 1.54) is 19.3 Å². The highest BCUT2D eigenvalue weighted by molar-refractivity contribution is 5.84. The van der Waals surface area contributed by atoms with Crippen LogP contribution in [0.5, 0.6) is 5.75 Å². The quantitative estimate of drug-likeness (QED) is 0.808. The number of nitrogens with two attached hydrogens (primary N) is 1. The highest BCUT2D eigenvalue weighted by atomic mass is 16.3. The van der Waals surface area contributed by atoms with E-state index < -0.39 is 6.10 Å². The molecule has 4 N–H and O–H groups in total. The maximum atomic E-state index is 10.5. The minimum absolute atomic E-state index is 0.266. The number of benzene rings is 2. The van der Waals surface area contributed by atoms with Crippen LogP contribution in [0.2, 0.25) is 0 Å². The Morgan fingerprint density at radius 2 is 1.62 bits per heavy atom. The Kier molecular flexibility index (Phi) is 4.13. The van der Waals surface area contributed by atoms with E-state index in [4.69, 9.17) is 5.73 Å². The van der Waals surface area contributed by atoms with Crippen LogP contribution in [0.3, 0.4) is 0 Å². The molecular formula is C18H23NO2. The van der Waals surface area contributed by atoms with Gasteiger partial charge in [0.25, 0.3) is 0 Å². The third-order valence-corrected chi connectivity index (χ3v) is 4.73. The van der Waals surface area contributed by atoms with E-state index in [0.29, 0.717) is 5.92 Å². The first-order chi connectivity index (χ1) is 10.1. The summed E-state index contributed by atoms with van der Waals surface area (Å²) in [6, 6.07) is 10.9. The number of aliphatic hydroxyl groups is 1. The van der Waals surface area contributed by atoms with Gasteiger partial charge >= 0.3 is 0 Å². The zero-order valence-corrected chi connectivity index (χ0v) is 12.2.